The van der Waals surface area contributed by atoms with Gasteiger partial charge in [-0.2, -0.15) is 0 Å². The molecule has 0 aliphatic heterocycles. The van der Waals surface area contributed by atoms with Crippen molar-refractivity contribution < 1.29 is 19.8 Å². The van der Waals surface area contributed by atoms with Crippen LogP contribution in [-0.2, 0) is 11.2 Å². The third kappa shape index (κ3) is 4.70. The summed E-state index contributed by atoms with van der Waals surface area (Å²) in [5, 5.41) is 10.1. The number of hydrogen-bond acceptors (Lipinski definition) is 2. The van der Waals surface area contributed by atoms with Crippen molar-refractivity contribution in [1.82, 2.24) is 4.98 Å². The fourth-order valence-corrected chi connectivity index (χ4v) is 2.51. The molecule has 0 bridgehead atoms. The van der Waals surface area contributed by atoms with E-state index in [-0.39, 0.29) is 4.75 Å². The van der Waals surface area contributed by atoms with Crippen molar-refractivity contribution in [3.63, 3.8) is 0 Å². The van der Waals surface area contributed by atoms with Crippen LogP contribution in [-0.4, -0.2) is 40.9 Å². The van der Waals surface area contributed by atoms with Crippen LogP contribution in [0.15, 0.2) is 11.4 Å². The van der Waals surface area contributed by atoms with Crippen LogP contribution >= 0.6 is 11.8 Å². The van der Waals surface area contributed by atoms with Crippen molar-refractivity contribution >= 4 is 17.7 Å². The summed E-state index contributed by atoms with van der Waals surface area (Å²) >= 11 is 1.70. The number of carboxylic acid groups (broad SMARTS) is 1. The minimum absolute atomic E-state index is 0.123. The van der Waals surface area contributed by atoms with Crippen LogP contribution in [0.2, 0.25) is 0 Å². The first kappa shape index (κ1) is 15.0. The van der Waals surface area contributed by atoms with E-state index >= 15 is 0 Å². The Morgan fingerprint density at radius 1 is 1.56 bits per heavy atom. The number of imidazole rings is 1. The zero-order valence-electron chi connectivity index (χ0n) is 11.6. The second-order valence-electron chi connectivity index (χ2n) is 5.65. The van der Waals surface area contributed by atoms with Crippen molar-refractivity contribution in [3.05, 3.63) is 11.9 Å². The summed E-state index contributed by atoms with van der Waals surface area (Å²) in [5.41, 5.74) is 0.926. The van der Waals surface area contributed by atoms with Crippen LogP contribution in [0.1, 0.15) is 26.5 Å². The van der Waals surface area contributed by atoms with Crippen LogP contribution in [0.25, 0.3) is 0 Å². The molecule has 102 valence electrons. The first-order valence-corrected chi connectivity index (χ1v) is 6.82. The summed E-state index contributed by atoms with van der Waals surface area (Å²) in [6, 6.07) is -0.426. The smallest absolute Gasteiger partial charge is 0.362 e. The SMILES string of the molecule is C[NH+](C)[C@@H](Cc1c[nH+]c(SC(C)(C)C)[nH]1)C(=O)O. The molecular formula is C12H23N3O2S+2. The summed E-state index contributed by atoms with van der Waals surface area (Å²) in [7, 11) is 3.71. The van der Waals surface area contributed by atoms with Gasteiger partial charge in [-0.15, -0.1) is 0 Å². The van der Waals surface area contributed by atoms with Gasteiger partial charge < -0.3 is 10.0 Å². The van der Waals surface area contributed by atoms with Gasteiger partial charge in [0.2, 0.25) is 0 Å². The average Bonchev–Trinajstić information content (AvgIpc) is 2.58. The molecule has 0 aromatic carbocycles. The maximum atomic E-state index is 11.1. The predicted molar refractivity (Wildman–Crippen MR) is 70.9 cm³/mol. The Balaban J connectivity index is 2.71. The second-order valence-corrected chi connectivity index (χ2v) is 7.49. The summed E-state index contributed by atoms with van der Waals surface area (Å²) in [6.07, 6.45) is 2.35. The monoisotopic (exact) mass is 273 g/mol. The lowest BCUT2D eigenvalue weighted by Gasteiger charge is -2.15. The number of aromatic amines is 2. The van der Waals surface area contributed by atoms with Gasteiger partial charge >= 0.3 is 11.1 Å². The second kappa shape index (κ2) is 5.75. The average molecular weight is 273 g/mol. The number of thioether (sulfide) groups is 1. The molecule has 5 nitrogen and oxygen atoms in total. The molecule has 0 amide bonds. The Morgan fingerprint density at radius 3 is 2.61 bits per heavy atom. The van der Waals surface area contributed by atoms with Gasteiger partial charge in [0, 0.05) is 4.75 Å². The van der Waals surface area contributed by atoms with Gasteiger partial charge in [0.15, 0.2) is 6.04 Å². The number of carbonyl (C=O) groups is 1. The Hall–Kier alpha value is -1.01. The van der Waals surface area contributed by atoms with Crippen LogP contribution < -0.4 is 9.88 Å². The Morgan fingerprint density at radius 2 is 2.17 bits per heavy atom. The van der Waals surface area contributed by atoms with Crippen molar-refractivity contribution in [2.45, 2.75) is 43.1 Å². The molecule has 0 saturated carbocycles. The molecular weight excluding hydrogens is 250 g/mol. The largest absolute Gasteiger partial charge is 0.477 e. The van der Waals surface area contributed by atoms with Crippen LogP contribution in [0, 0.1) is 0 Å². The molecule has 18 heavy (non-hydrogen) atoms. The molecule has 1 rings (SSSR count). The topological polar surface area (TPSA) is 71.7 Å². The molecule has 1 heterocycles. The Kier molecular flexibility index (Phi) is 4.81. The van der Waals surface area contributed by atoms with Crippen molar-refractivity contribution in [1.29, 1.82) is 0 Å². The van der Waals surface area contributed by atoms with E-state index < -0.39 is 12.0 Å². The summed E-state index contributed by atoms with van der Waals surface area (Å²) in [6.45, 7) is 6.40. The van der Waals surface area contributed by atoms with E-state index in [1.165, 1.54) is 0 Å². The number of carboxylic acids is 1. The number of H-pyrrole nitrogens is 2. The predicted octanol–water partition coefficient (Wildman–Crippen LogP) is -0.140. The van der Waals surface area contributed by atoms with Crippen LogP contribution in [0.5, 0.6) is 0 Å². The highest BCUT2D eigenvalue weighted by Gasteiger charge is 2.27. The van der Waals surface area contributed by atoms with Crippen molar-refractivity contribution in [2.75, 3.05) is 14.1 Å². The first-order valence-electron chi connectivity index (χ1n) is 6.00. The van der Waals surface area contributed by atoms with Gasteiger partial charge in [0.05, 0.1) is 20.5 Å². The van der Waals surface area contributed by atoms with E-state index in [2.05, 4.69) is 30.7 Å². The quantitative estimate of drug-likeness (QED) is 0.654. The highest BCUT2D eigenvalue weighted by molar-refractivity contribution is 8.00. The van der Waals surface area contributed by atoms with E-state index in [1.54, 1.807) is 11.8 Å². The molecule has 4 N–H and O–H groups in total. The standard InChI is InChI=1S/C12H21N3O2S/c1-12(2,3)18-11-13-7-8(14-11)6-9(10(16)17)15(4)5/h7,9H,6H2,1-5H3,(H,13,14)(H,16,17)/p+2/t9-/m0/s1. The van der Waals surface area contributed by atoms with Crippen molar-refractivity contribution in [2.24, 2.45) is 0 Å². The zero-order chi connectivity index (χ0) is 13.9. The number of rotatable bonds is 5. The Bertz CT molecular complexity index is 410. The normalized spacial score (nSPS) is 13.9. The van der Waals surface area contributed by atoms with Gasteiger partial charge in [-0.3, -0.25) is 0 Å². The highest BCUT2D eigenvalue weighted by atomic mass is 32.2. The van der Waals surface area contributed by atoms with E-state index in [4.69, 9.17) is 5.11 Å². The lowest BCUT2D eigenvalue weighted by molar-refractivity contribution is -0.876. The van der Waals surface area contributed by atoms with Crippen LogP contribution in [0.3, 0.4) is 0 Å². The minimum atomic E-state index is -0.769. The number of aliphatic carboxylic acids is 1. The number of hydrogen-bond donors (Lipinski definition) is 3. The molecule has 0 fully saturated rings. The van der Waals surface area contributed by atoms with E-state index in [0.29, 0.717) is 6.42 Å². The lowest BCUT2D eigenvalue weighted by atomic mass is 10.1. The zero-order valence-corrected chi connectivity index (χ0v) is 12.4. The number of nitrogens with one attached hydrogen (secondary N) is 3. The van der Waals surface area contributed by atoms with Gasteiger partial charge in [0.1, 0.15) is 11.9 Å². The molecule has 0 aliphatic carbocycles. The van der Waals surface area contributed by atoms with Gasteiger partial charge in [0.25, 0.3) is 0 Å². The fraction of sp³-hybridized carbons (Fsp3) is 0.667. The number of quaternary nitrogens is 1. The van der Waals surface area contributed by atoms with Crippen molar-refractivity contribution in [3.8, 4) is 0 Å². The van der Waals surface area contributed by atoms with E-state index in [0.717, 1.165) is 15.8 Å². The maximum absolute atomic E-state index is 11.1. The lowest BCUT2D eigenvalue weighted by Crippen LogP contribution is -3.11. The fourth-order valence-electron chi connectivity index (χ4n) is 1.60. The first-order chi connectivity index (χ1) is 8.19. The number of likely N-dealkylation sites (N-methyl/N-ethyl adjacent to an activating group) is 1. The molecule has 1 aromatic heterocycles. The molecule has 0 spiro atoms. The Labute approximate surface area is 112 Å². The number of aromatic nitrogens is 2. The van der Waals surface area contributed by atoms with Gasteiger partial charge in [-0.05, 0) is 11.8 Å². The minimum Gasteiger partial charge on any atom is -0.477 e. The summed E-state index contributed by atoms with van der Waals surface area (Å²) < 4.78 is 0.123. The third-order valence-corrected chi connectivity index (χ3v) is 3.52. The molecule has 0 aliphatic rings. The molecule has 1 atom stereocenters. The molecule has 1 aromatic rings. The molecule has 0 saturated heterocycles. The van der Waals surface area contributed by atoms with E-state index in [9.17, 15) is 4.79 Å². The maximum Gasteiger partial charge on any atom is 0.362 e. The summed E-state index contributed by atoms with van der Waals surface area (Å²) in [5.74, 6) is -0.769. The molecule has 6 heteroatoms. The summed E-state index contributed by atoms with van der Waals surface area (Å²) in [4.78, 5) is 18.4. The third-order valence-electron chi connectivity index (χ3n) is 2.48. The molecule has 0 unspecified atom stereocenters. The van der Waals surface area contributed by atoms with E-state index in [1.807, 2.05) is 20.3 Å². The van der Waals surface area contributed by atoms with Gasteiger partial charge in [-0.1, -0.05) is 20.8 Å². The molecule has 0 radical (unpaired) electrons. The van der Waals surface area contributed by atoms with Crippen LogP contribution in [0.4, 0.5) is 0 Å². The highest BCUT2D eigenvalue weighted by Crippen LogP contribution is 2.27. The van der Waals surface area contributed by atoms with Gasteiger partial charge in [-0.25, -0.2) is 14.8 Å².